The van der Waals surface area contributed by atoms with Gasteiger partial charge in [0.05, 0.1) is 5.56 Å². The lowest BCUT2D eigenvalue weighted by molar-refractivity contribution is 0.0697. The van der Waals surface area contributed by atoms with Crippen LogP contribution in [-0.4, -0.2) is 38.6 Å². The Balaban J connectivity index is 1.40. The third-order valence-electron chi connectivity index (χ3n) is 5.38. The van der Waals surface area contributed by atoms with Gasteiger partial charge in [-0.3, -0.25) is 4.90 Å². The second kappa shape index (κ2) is 7.00. The highest BCUT2D eigenvalue weighted by molar-refractivity contribution is 5.87. The second-order valence-corrected chi connectivity index (χ2v) is 7.46. The molecule has 2 aromatic rings. The molecular weight excluding hydrogens is 314 g/mol. The van der Waals surface area contributed by atoms with E-state index in [1.54, 1.807) is 12.1 Å². The third kappa shape index (κ3) is 3.93. The Labute approximate surface area is 148 Å². The van der Waals surface area contributed by atoms with Gasteiger partial charge in [0.2, 0.25) is 0 Å². The first-order valence-corrected chi connectivity index (χ1v) is 9.24. The summed E-state index contributed by atoms with van der Waals surface area (Å²) in [5, 5.41) is 9.01. The van der Waals surface area contributed by atoms with Gasteiger partial charge in [0.25, 0.3) is 0 Å². The molecule has 5 nitrogen and oxygen atoms in total. The summed E-state index contributed by atoms with van der Waals surface area (Å²) in [6.45, 7) is 4.13. The predicted octanol–water partition coefficient (Wildman–Crippen LogP) is 3.37. The highest BCUT2D eigenvalue weighted by Gasteiger charge is 2.27. The minimum atomic E-state index is -0.868. The Bertz CT molecular complexity index is 734. The van der Waals surface area contributed by atoms with E-state index in [0.29, 0.717) is 11.5 Å². The third-order valence-corrected chi connectivity index (χ3v) is 5.38. The zero-order valence-electron chi connectivity index (χ0n) is 14.5. The minimum absolute atomic E-state index is 0.349. The molecule has 0 amide bonds. The average Bonchev–Trinajstić information content (AvgIpc) is 3.31. The van der Waals surface area contributed by atoms with Gasteiger partial charge in [0.15, 0.2) is 0 Å². The summed E-state index contributed by atoms with van der Waals surface area (Å²) in [6.07, 6.45) is 9.20. The molecule has 2 fully saturated rings. The van der Waals surface area contributed by atoms with Crippen molar-refractivity contribution in [1.82, 2.24) is 14.5 Å². The maximum absolute atomic E-state index is 11.0. The van der Waals surface area contributed by atoms with Crippen molar-refractivity contribution in [3.63, 3.8) is 0 Å². The monoisotopic (exact) mass is 339 g/mol. The first-order valence-electron chi connectivity index (χ1n) is 9.24. The van der Waals surface area contributed by atoms with Gasteiger partial charge < -0.3 is 9.67 Å². The highest BCUT2D eigenvalue weighted by atomic mass is 16.4. The van der Waals surface area contributed by atoms with Crippen LogP contribution in [0.2, 0.25) is 0 Å². The van der Waals surface area contributed by atoms with Gasteiger partial charge in [0, 0.05) is 37.9 Å². The van der Waals surface area contributed by atoms with E-state index in [9.17, 15) is 4.79 Å². The molecule has 0 bridgehead atoms. The summed E-state index contributed by atoms with van der Waals surface area (Å²) < 4.78 is 2.37. The van der Waals surface area contributed by atoms with Gasteiger partial charge in [-0.1, -0.05) is 12.1 Å². The van der Waals surface area contributed by atoms with Crippen LogP contribution in [0.4, 0.5) is 0 Å². The van der Waals surface area contributed by atoms with Crippen molar-refractivity contribution >= 4 is 5.97 Å². The van der Waals surface area contributed by atoms with E-state index in [0.717, 1.165) is 32.1 Å². The number of nitrogens with zero attached hydrogens (tertiary/aromatic N) is 3. The van der Waals surface area contributed by atoms with Crippen molar-refractivity contribution < 1.29 is 9.90 Å². The first kappa shape index (κ1) is 16.3. The van der Waals surface area contributed by atoms with E-state index in [2.05, 4.69) is 20.6 Å². The van der Waals surface area contributed by atoms with E-state index in [4.69, 9.17) is 5.11 Å². The Kier molecular flexibility index (Phi) is 4.57. The molecule has 132 valence electrons. The number of benzene rings is 1. The Morgan fingerprint density at radius 2 is 2.00 bits per heavy atom. The zero-order chi connectivity index (χ0) is 17.2. The van der Waals surface area contributed by atoms with Crippen molar-refractivity contribution in [2.45, 2.75) is 44.7 Å². The molecule has 5 heteroatoms. The molecule has 4 rings (SSSR count). The van der Waals surface area contributed by atoms with E-state index in [1.807, 2.05) is 18.3 Å². The molecule has 0 unspecified atom stereocenters. The molecule has 25 heavy (non-hydrogen) atoms. The number of carboxylic acid groups (broad SMARTS) is 1. The maximum atomic E-state index is 11.0. The number of likely N-dealkylation sites (tertiary alicyclic amines) is 1. The maximum Gasteiger partial charge on any atom is 0.335 e. The van der Waals surface area contributed by atoms with Crippen LogP contribution >= 0.6 is 0 Å². The van der Waals surface area contributed by atoms with Crippen LogP contribution in [-0.2, 0) is 13.1 Å². The molecule has 1 aliphatic heterocycles. The van der Waals surface area contributed by atoms with Crippen LogP contribution in [0.5, 0.6) is 0 Å². The summed E-state index contributed by atoms with van der Waals surface area (Å²) in [5.74, 6) is 1.74. The smallest absolute Gasteiger partial charge is 0.335 e. The highest BCUT2D eigenvalue weighted by Crippen LogP contribution is 2.33. The molecule has 1 aromatic heterocycles. The number of rotatable bonds is 6. The zero-order valence-corrected chi connectivity index (χ0v) is 14.5. The summed E-state index contributed by atoms with van der Waals surface area (Å²) >= 11 is 0. The average molecular weight is 339 g/mol. The van der Waals surface area contributed by atoms with Crippen molar-refractivity contribution in [3.05, 3.63) is 53.6 Å². The van der Waals surface area contributed by atoms with E-state index >= 15 is 0 Å². The SMILES string of the molecule is O=C(O)c1ccc(CN2CCC[C@H](c3nccn3CC3CC3)C2)cc1. The standard InChI is InChI=1S/C20H25N3O2/c24-20(25)17-7-5-15(6-8-17)12-22-10-1-2-18(14-22)19-21-9-11-23(19)13-16-3-4-16/h5-9,11,16,18H,1-4,10,12-14H2,(H,24,25)/t18-/m0/s1. The molecule has 0 radical (unpaired) electrons. The molecule has 0 spiro atoms. The molecule has 1 N–H and O–H groups in total. The number of aromatic nitrogens is 2. The predicted molar refractivity (Wildman–Crippen MR) is 95.6 cm³/mol. The molecule has 2 aliphatic rings. The Hall–Kier alpha value is -2.14. The van der Waals surface area contributed by atoms with E-state index < -0.39 is 5.97 Å². The lowest BCUT2D eigenvalue weighted by atomic mass is 9.96. The van der Waals surface area contributed by atoms with Crippen LogP contribution in [0.3, 0.4) is 0 Å². The van der Waals surface area contributed by atoms with Gasteiger partial charge in [-0.25, -0.2) is 9.78 Å². The molecule has 1 atom stereocenters. The summed E-state index contributed by atoms with van der Waals surface area (Å²) in [6, 6.07) is 7.26. The topological polar surface area (TPSA) is 58.4 Å². The number of piperidine rings is 1. The fourth-order valence-electron chi connectivity index (χ4n) is 3.83. The summed E-state index contributed by atoms with van der Waals surface area (Å²) in [7, 11) is 0. The minimum Gasteiger partial charge on any atom is -0.478 e. The van der Waals surface area contributed by atoms with Gasteiger partial charge in [-0.05, 0) is 55.8 Å². The fourth-order valence-corrected chi connectivity index (χ4v) is 3.83. The van der Waals surface area contributed by atoms with Gasteiger partial charge in [0.1, 0.15) is 5.82 Å². The lowest BCUT2D eigenvalue weighted by Crippen LogP contribution is -2.35. The van der Waals surface area contributed by atoms with Gasteiger partial charge in [-0.15, -0.1) is 0 Å². The normalized spacial score (nSPS) is 21.4. The largest absolute Gasteiger partial charge is 0.478 e. The molecular formula is C20H25N3O2. The first-order chi connectivity index (χ1) is 12.2. The number of hydrogen-bond donors (Lipinski definition) is 1. The molecule has 1 aliphatic carbocycles. The fraction of sp³-hybridized carbons (Fsp3) is 0.500. The number of hydrogen-bond acceptors (Lipinski definition) is 3. The van der Waals surface area contributed by atoms with Crippen molar-refractivity contribution in [1.29, 1.82) is 0 Å². The van der Waals surface area contributed by atoms with E-state index in [1.165, 1.54) is 37.1 Å². The van der Waals surface area contributed by atoms with Crippen molar-refractivity contribution in [3.8, 4) is 0 Å². The number of carboxylic acids is 1. The number of carbonyl (C=O) groups is 1. The molecule has 2 heterocycles. The van der Waals surface area contributed by atoms with Gasteiger partial charge >= 0.3 is 5.97 Å². The van der Waals surface area contributed by atoms with Crippen LogP contribution in [0.1, 0.15) is 53.3 Å². The molecule has 1 aromatic carbocycles. The summed E-state index contributed by atoms with van der Waals surface area (Å²) in [4.78, 5) is 18.1. The lowest BCUT2D eigenvalue weighted by Gasteiger charge is -2.32. The second-order valence-electron chi connectivity index (χ2n) is 7.46. The molecule has 1 saturated heterocycles. The number of aromatic carboxylic acids is 1. The van der Waals surface area contributed by atoms with Crippen LogP contribution < -0.4 is 0 Å². The van der Waals surface area contributed by atoms with E-state index in [-0.39, 0.29) is 0 Å². The van der Waals surface area contributed by atoms with Crippen LogP contribution in [0, 0.1) is 5.92 Å². The van der Waals surface area contributed by atoms with Crippen LogP contribution in [0.25, 0.3) is 0 Å². The Morgan fingerprint density at radius 3 is 2.72 bits per heavy atom. The number of imidazole rings is 1. The summed E-state index contributed by atoms with van der Waals surface area (Å²) in [5.41, 5.74) is 1.52. The Morgan fingerprint density at radius 1 is 1.20 bits per heavy atom. The van der Waals surface area contributed by atoms with Gasteiger partial charge in [-0.2, -0.15) is 0 Å². The van der Waals surface area contributed by atoms with Crippen molar-refractivity contribution in [2.24, 2.45) is 5.92 Å². The quantitative estimate of drug-likeness (QED) is 0.876. The molecule has 1 saturated carbocycles. The van der Waals surface area contributed by atoms with Crippen LogP contribution in [0.15, 0.2) is 36.7 Å². The van der Waals surface area contributed by atoms with Crippen molar-refractivity contribution in [2.75, 3.05) is 13.1 Å².